The largest absolute Gasteiger partial charge is 0.496 e. The molecule has 0 spiro atoms. The lowest BCUT2D eigenvalue weighted by molar-refractivity contribution is -0.145. The van der Waals surface area contributed by atoms with Crippen molar-refractivity contribution in [2.24, 2.45) is 5.92 Å². The van der Waals surface area contributed by atoms with Crippen molar-refractivity contribution in [2.75, 3.05) is 19.0 Å². The monoisotopic (exact) mass is 805 g/mol. The predicted octanol–water partition coefficient (Wildman–Crippen LogP) is 8.13. The van der Waals surface area contributed by atoms with Gasteiger partial charge in [-0.25, -0.2) is 14.8 Å². The number of allylic oxidation sites excluding steroid dienone is 1. The second-order valence-electron chi connectivity index (χ2n) is 15.4. The molecule has 3 aliphatic rings. The number of carboxylic acids is 1. The van der Waals surface area contributed by atoms with E-state index in [0.29, 0.717) is 52.4 Å². The van der Waals surface area contributed by atoms with E-state index >= 15 is 0 Å². The van der Waals surface area contributed by atoms with Gasteiger partial charge < -0.3 is 30.1 Å². The highest BCUT2D eigenvalue weighted by Crippen LogP contribution is 2.46. The number of aromatic nitrogens is 2. The highest BCUT2D eigenvalue weighted by molar-refractivity contribution is 7.13. The first kappa shape index (κ1) is 40.0. The fraction of sp³-hybridized carbons (Fsp3) is 0.452. The number of pyridine rings is 1. The number of carbonyl (C=O) groups excluding carboxylic acids is 2. The Morgan fingerprint density at radius 1 is 1.11 bits per heavy atom. The molecule has 2 fully saturated rings. The Kier molecular flexibility index (Phi) is 11.2. The van der Waals surface area contributed by atoms with Gasteiger partial charge >= 0.3 is 12.1 Å². The van der Waals surface area contributed by atoms with Crippen LogP contribution in [0.5, 0.6) is 11.5 Å². The van der Waals surface area contributed by atoms with Gasteiger partial charge in [0.2, 0.25) is 11.8 Å². The second kappa shape index (κ2) is 16.0. The van der Waals surface area contributed by atoms with E-state index in [9.17, 15) is 32.7 Å². The number of rotatable bonds is 8. The SMILES string of the molecule is COc1ccc2c(O[C@@H]3C[C@H]4C(=O)N[C@]5(C(=O)O)C[C@H]5/C=C\CCCCC[C@H](Nc5cccc(C(F)(F)F)c5)C(=O)N4C3)cc(-c3nc(C(C)C)cs3)nc2c1C. The number of carboxylic acid groups (broad SMARTS) is 1. The molecule has 1 aliphatic carbocycles. The molecule has 5 atom stereocenters. The van der Waals surface area contributed by atoms with Crippen molar-refractivity contribution in [3.63, 3.8) is 0 Å². The molecule has 0 bridgehead atoms. The van der Waals surface area contributed by atoms with Gasteiger partial charge in [0, 0.05) is 40.4 Å². The molecule has 1 saturated heterocycles. The van der Waals surface area contributed by atoms with Crippen molar-refractivity contribution in [1.29, 1.82) is 0 Å². The topological polar surface area (TPSA) is 143 Å². The van der Waals surface area contributed by atoms with Crippen LogP contribution in [0.1, 0.15) is 81.5 Å². The lowest BCUT2D eigenvalue weighted by Gasteiger charge is -2.30. The molecule has 3 N–H and O–H groups in total. The summed E-state index contributed by atoms with van der Waals surface area (Å²) in [5.74, 6) is -1.40. The number of carbonyl (C=O) groups is 3. The zero-order valence-electron chi connectivity index (χ0n) is 32.2. The zero-order chi connectivity index (χ0) is 40.6. The summed E-state index contributed by atoms with van der Waals surface area (Å²) in [6.45, 7) is 5.98. The number of thiazole rings is 1. The Balaban J connectivity index is 1.25. The lowest BCUT2D eigenvalue weighted by Crippen LogP contribution is -2.55. The van der Waals surface area contributed by atoms with E-state index in [0.717, 1.165) is 36.2 Å². The maximum Gasteiger partial charge on any atom is 0.416 e. The zero-order valence-corrected chi connectivity index (χ0v) is 33.0. The number of hydrogen-bond donors (Lipinski definition) is 3. The van der Waals surface area contributed by atoms with E-state index in [1.54, 1.807) is 13.2 Å². The molecule has 0 unspecified atom stereocenters. The summed E-state index contributed by atoms with van der Waals surface area (Å²) in [7, 11) is 1.58. The van der Waals surface area contributed by atoms with Crippen molar-refractivity contribution in [3.05, 3.63) is 76.8 Å². The van der Waals surface area contributed by atoms with Gasteiger partial charge in [-0.3, -0.25) is 9.59 Å². The Labute approximate surface area is 332 Å². The summed E-state index contributed by atoms with van der Waals surface area (Å²) in [6.07, 6.45) is 1.79. The first-order valence-corrected chi connectivity index (χ1v) is 20.1. The Bertz CT molecular complexity index is 2210. The lowest BCUT2D eigenvalue weighted by atomic mass is 10.0. The summed E-state index contributed by atoms with van der Waals surface area (Å²) in [5.41, 5.74) is 0.668. The summed E-state index contributed by atoms with van der Waals surface area (Å²) in [4.78, 5) is 52.7. The number of nitrogens with one attached hydrogen (secondary N) is 2. The Hall–Kier alpha value is -5.18. The minimum atomic E-state index is -4.59. The molecule has 0 radical (unpaired) electrons. The van der Waals surface area contributed by atoms with Crippen molar-refractivity contribution < 1.29 is 42.1 Å². The van der Waals surface area contributed by atoms with E-state index in [1.807, 2.05) is 36.6 Å². The van der Waals surface area contributed by atoms with Gasteiger partial charge in [-0.15, -0.1) is 11.3 Å². The van der Waals surface area contributed by atoms with Crippen molar-refractivity contribution in [1.82, 2.24) is 20.2 Å². The molecule has 2 aliphatic heterocycles. The molecular weight excluding hydrogens is 760 g/mol. The fourth-order valence-electron chi connectivity index (χ4n) is 7.79. The Morgan fingerprint density at radius 2 is 1.91 bits per heavy atom. The molecule has 302 valence electrons. The van der Waals surface area contributed by atoms with E-state index in [1.165, 1.54) is 28.4 Å². The summed E-state index contributed by atoms with van der Waals surface area (Å²) in [5, 5.41) is 19.5. The summed E-state index contributed by atoms with van der Waals surface area (Å²) < 4.78 is 53.4. The van der Waals surface area contributed by atoms with Crippen LogP contribution in [0.4, 0.5) is 18.9 Å². The van der Waals surface area contributed by atoms with Crippen LogP contribution >= 0.6 is 11.3 Å². The maximum atomic E-state index is 14.7. The van der Waals surface area contributed by atoms with Gasteiger partial charge in [0.05, 0.1) is 30.4 Å². The molecular formula is C42H46F3N5O6S. The van der Waals surface area contributed by atoms with E-state index in [-0.39, 0.29) is 31.0 Å². The van der Waals surface area contributed by atoms with Crippen molar-refractivity contribution in [2.45, 2.75) is 102 Å². The number of alkyl halides is 3. The molecule has 2 amide bonds. The van der Waals surface area contributed by atoms with E-state index in [4.69, 9.17) is 19.4 Å². The molecule has 7 rings (SSSR count). The number of methoxy groups -OCH3 is 1. The van der Waals surface area contributed by atoms with Gasteiger partial charge in [-0.05, 0) is 68.9 Å². The normalized spacial score (nSPS) is 24.9. The quantitative estimate of drug-likeness (QED) is 0.151. The number of ether oxygens (including phenoxy) is 2. The van der Waals surface area contributed by atoms with Gasteiger partial charge in [0.1, 0.15) is 45.9 Å². The number of hydrogen-bond acceptors (Lipinski definition) is 9. The van der Waals surface area contributed by atoms with Gasteiger partial charge in [0.15, 0.2) is 0 Å². The van der Waals surface area contributed by atoms with Crippen LogP contribution in [0.2, 0.25) is 0 Å². The van der Waals surface area contributed by atoms with E-state index < -0.39 is 59.2 Å². The number of nitrogens with zero attached hydrogens (tertiary/aromatic N) is 3. The molecule has 1 saturated carbocycles. The molecule has 2 aromatic heterocycles. The highest BCUT2D eigenvalue weighted by Gasteiger charge is 2.61. The smallest absolute Gasteiger partial charge is 0.416 e. The summed E-state index contributed by atoms with van der Waals surface area (Å²) in [6, 6.07) is 8.04. The van der Waals surface area contributed by atoms with Crippen LogP contribution in [0.3, 0.4) is 0 Å². The molecule has 15 heteroatoms. The number of aryl methyl sites for hydroxylation is 1. The standard InChI is InChI=1S/C42H46F3N5O6S/c1-23(2)32-22-57-38(48-32)31-19-35(29-15-16-34(55-4)24(3)36(29)47-31)56-28-18-33-37(51)49-41(40(53)54)20-26(41)11-8-6-5-7-9-14-30(39(52)50(33)21-28)46-27-13-10-12-25(17-27)42(43,44)45/h8,10-13,15-17,19,22-23,26,28,30,33,46H,5-7,9,14,18,20-21H2,1-4H3,(H,49,51)(H,53,54)/b11-8-/t26-,28-,30+,33+,41-/m1/s1. The number of anilines is 1. The predicted molar refractivity (Wildman–Crippen MR) is 210 cm³/mol. The van der Waals surface area contributed by atoms with Crippen molar-refractivity contribution in [3.8, 4) is 22.2 Å². The van der Waals surface area contributed by atoms with Crippen LogP contribution in [-0.2, 0) is 20.6 Å². The highest BCUT2D eigenvalue weighted by atomic mass is 32.1. The number of amides is 2. The van der Waals surface area contributed by atoms with Crippen LogP contribution in [-0.4, -0.2) is 75.1 Å². The van der Waals surface area contributed by atoms with Crippen LogP contribution in [0, 0.1) is 12.8 Å². The van der Waals surface area contributed by atoms with Gasteiger partial charge in [-0.1, -0.05) is 44.9 Å². The van der Waals surface area contributed by atoms with Crippen LogP contribution in [0.25, 0.3) is 21.6 Å². The molecule has 57 heavy (non-hydrogen) atoms. The molecule has 4 aromatic rings. The Morgan fingerprint density at radius 3 is 2.63 bits per heavy atom. The first-order chi connectivity index (χ1) is 27.2. The maximum absolute atomic E-state index is 14.7. The van der Waals surface area contributed by atoms with Gasteiger partial charge in [-0.2, -0.15) is 13.2 Å². The third-order valence-electron chi connectivity index (χ3n) is 11.1. The second-order valence-corrected chi connectivity index (χ2v) is 16.3. The van der Waals surface area contributed by atoms with Crippen LogP contribution in [0.15, 0.2) is 60.0 Å². The first-order valence-electron chi connectivity index (χ1n) is 19.3. The van der Waals surface area contributed by atoms with Gasteiger partial charge in [0.25, 0.3) is 0 Å². The molecule has 11 nitrogen and oxygen atoms in total. The minimum Gasteiger partial charge on any atom is -0.496 e. The van der Waals surface area contributed by atoms with Crippen molar-refractivity contribution >= 4 is 45.7 Å². The van der Waals surface area contributed by atoms with Crippen LogP contribution < -0.4 is 20.1 Å². The number of halogens is 3. The average Bonchev–Trinajstić information content (AvgIpc) is 3.46. The third kappa shape index (κ3) is 8.30. The summed E-state index contributed by atoms with van der Waals surface area (Å²) >= 11 is 1.46. The minimum absolute atomic E-state index is 0.0348. The molecule has 4 heterocycles. The number of fused-ring (bicyclic) bond motifs is 3. The third-order valence-corrected chi connectivity index (χ3v) is 12.0. The number of benzene rings is 2. The fourth-order valence-corrected chi connectivity index (χ4v) is 8.73. The molecule has 2 aromatic carbocycles. The number of aliphatic carboxylic acids is 1. The average molecular weight is 806 g/mol. The van der Waals surface area contributed by atoms with E-state index in [2.05, 4.69) is 24.5 Å².